The number of esters is 2. The number of fused-ring (bicyclic) bond motifs is 6. The first-order valence-corrected chi connectivity index (χ1v) is 14.9. The minimum absolute atomic E-state index is 0.264. The van der Waals surface area contributed by atoms with E-state index in [4.69, 9.17) is 18.9 Å². The topological polar surface area (TPSA) is 71.1 Å². The first kappa shape index (κ1) is 29.0. The van der Waals surface area contributed by atoms with E-state index >= 15 is 0 Å². The van der Waals surface area contributed by atoms with Crippen LogP contribution in [0.1, 0.15) is 25.7 Å². The lowest BCUT2D eigenvalue weighted by molar-refractivity contribution is -0.141. The zero-order valence-corrected chi connectivity index (χ0v) is 24.9. The fourth-order valence-corrected chi connectivity index (χ4v) is 6.00. The molecule has 44 heavy (non-hydrogen) atoms. The van der Waals surface area contributed by atoms with Crippen molar-refractivity contribution in [3.8, 4) is 22.6 Å². The summed E-state index contributed by atoms with van der Waals surface area (Å²) < 4.78 is 23.1. The molecule has 0 unspecified atom stereocenters. The Morgan fingerprint density at radius 2 is 0.750 bits per heavy atom. The van der Waals surface area contributed by atoms with Gasteiger partial charge in [0, 0.05) is 34.7 Å². The number of ether oxygens (including phenoxy) is 4. The second-order valence-electron chi connectivity index (χ2n) is 10.6. The Balaban J connectivity index is 1.65. The number of carbonyl (C=O) groups is 2. The Labute approximate surface area is 256 Å². The molecule has 0 atom stereocenters. The zero-order valence-electron chi connectivity index (χ0n) is 24.9. The highest BCUT2D eigenvalue weighted by atomic mass is 16.5. The second-order valence-corrected chi connectivity index (χ2v) is 10.6. The van der Waals surface area contributed by atoms with E-state index in [9.17, 15) is 9.59 Å². The van der Waals surface area contributed by atoms with Crippen LogP contribution in [0.4, 0.5) is 0 Å². The van der Waals surface area contributed by atoms with E-state index in [0.29, 0.717) is 26.1 Å². The van der Waals surface area contributed by atoms with E-state index < -0.39 is 0 Å². The highest BCUT2D eigenvalue weighted by Gasteiger charge is 2.24. The SMILES string of the molecule is COC(=O)CCCOc1c(-c2c(OCCCC(=O)OC)c3ccccc3c3ccccc23)c2ccccc2c2ccccc12. The lowest BCUT2D eigenvalue weighted by Crippen LogP contribution is -2.07. The molecule has 6 aromatic carbocycles. The summed E-state index contributed by atoms with van der Waals surface area (Å²) in [6.45, 7) is 0.677. The van der Waals surface area contributed by atoms with Crippen molar-refractivity contribution in [1.82, 2.24) is 0 Å². The summed E-state index contributed by atoms with van der Waals surface area (Å²) in [5.41, 5.74) is 1.87. The van der Waals surface area contributed by atoms with Gasteiger partial charge in [0.1, 0.15) is 11.5 Å². The van der Waals surface area contributed by atoms with Crippen molar-refractivity contribution in [3.63, 3.8) is 0 Å². The molecule has 0 saturated carbocycles. The third-order valence-electron chi connectivity index (χ3n) is 8.02. The minimum Gasteiger partial charge on any atom is -0.492 e. The molecule has 0 N–H and O–H groups in total. The smallest absolute Gasteiger partial charge is 0.305 e. The molecular formula is C38H34O6. The Morgan fingerprint density at radius 3 is 1.09 bits per heavy atom. The quantitative estimate of drug-likeness (QED) is 0.0860. The lowest BCUT2D eigenvalue weighted by Gasteiger charge is -2.23. The first-order valence-electron chi connectivity index (χ1n) is 14.9. The molecule has 0 aliphatic rings. The summed E-state index contributed by atoms with van der Waals surface area (Å²) in [4.78, 5) is 23.8. The molecule has 6 heteroatoms. The lowest BCUT2D eigenvalue weighted by atomic mass is 9.87. The van der Waals surface area contributed by atoms with E-state index in [2.05, 4.69) is 60.7 Å². The van der Waals surface area contributed by atoms with Gasteiger partial charge in [0.25, 0.3) is 0 Å². The zero-order chi connectivity index (χ0) is 30.5. The molecule has 0 saturated heterocycles. The first-order chi connectivity index (χ1) is 21.6. The van der Waals surface area contributed by atoms with Gasteiger partial charge in [0.15, 0.2) is 0 Å². The van der Waals surface area contributed by atoms with Crippen molar-refractivity contribution in [3.05, 3.63) is 97.1 Å². The van der Waals surface area contributed by atoms with E-state index in [1.807, 2.05) is 36.4 Å². The third kappa shape index (κ3) is 5.51. The van der Waals surface area contributed by atoms with E-state index in [1.54, 1.807) is 0 Å². The summed E-state index contributed by atoms with van der Waals surface area (Å²) >= 11 is 0. The van der Waals surface area contributed by atoms with Crippen molar-refractivity contribution in [2.75, 3.05) is 27.4 Å². The number of carbonyl (C=O) groups excluding carboxylic acids is 2. The van der Waals surface area contributed by atoms with Gasteiger partial charge in [-0.3, -0.25) is 9.59 Å². The number of hydrogen-bond donors (Lipinski definition) is 0. The van der Waals surface area contributed by atoms with Gasteiger partial charge in [-0.2, -0.15) is 0 Å². The number of methoxy groups -OCH3 is 2. The van der Waals surface area contributed by atoms with Crippen LogP contribution in [0.3, 0.4) is 0 Å². The van der Waals surface area contributed by atoms with Gasteiger partial charge in [-0.15, -0.1) is 0 Å². The average molecular weight is 587 g/mol. The monoisotopic (exact) mass is 586 g/mol. The second kappa shape index (κ2) is 13.0. The molecule has 0 radical (unpaired) electrons. The predicted molar refractivity (Wildman–Crippen MR) is 175 cm³/mol. The van der Waals surface area contributed by atoms with Crippen molar-refractivity contribution < 1.29 is 28.5 Å². The Morgan fingerprint density at radius 1 is 0.455 bits per heavy atom. The molecule has 0 aromatic heterocycles. The van der Waals surface area contributed by atoms with Crippen LogP contribution in [0, 0.1) is 0 Å². The maximum absolute atomic E-state index is 11.9. The highest BCUT2D eigenvalue weighted by Crippen LogP contribution is 2.52. The summed E-state index contributed by atoms with van der Waals surface area (Å²) in [6, 6.07) is 33.2. The third-order valence-corrected chi connectivity index (χ3v) is 8.02. The van der Waals surface area contributed by atoms with Crippen molar-refractivity contribution in [2.45, 2.75) is 25.7 Å². The van der Waals surface area contributed by atoms with Crippen molar-refractivity contribution in [1.29, 1.82) is 0 Å². The molecule has 0 amide bonds. The molecule has 0 aliphatic heterocycles. The summed E-state index contributed by atoms with van der Waals surface area (Å²) in [6.07, 6.45) is 1.57. The van der Waals surface area contributed by atoms with Crippen molar-refractivity contribution >= 4 is 55.0 Å². The van der Waals surface area contributed by atoms with Crippen molar-refractivity contribution in [2.24, 2.45) is 0 Å². The molecule has 6 aromatic rings. The van der Waals surface area contributed by atoms with E-state index in [1.165, 1.54) is 14.2 Å². The van der Waals surface area contributed by atoms with Crippen LogP contribution in [0.5, 0.6) is 11.5 Å². The van der Waals surface area contributed by atoms with Crippen LogP contribution in [0.25, 0.3) is 54.2 Å². The van der Waals surface area contributed by atoms with Crippen LogP contribution in [-0.2, 0) is 19.1 Å². The van der Waals surface area contributed by atoms with Crippen LogP contribution < -0.4 is 9.47 Å². The number of benzene rings is 6. The molecule has 0 aliphatic carbocycles. The molecular weight excluding hydrogens is 552 g/mol. The molecule has 222 valence electrons. The average Bonchev–Trinajstić information content (AvgIpc) is 3.08. The predicted octanol–water partition coefficient (Wildman–Crippen LogP) is 8.63. The number of rotatable bonds is 11. The highest BCUT2D eigenvalue weighted by molar-refractivity contribution is 6.24. The van der Waals surface area contributed by atoms with Crippen LogP contribution in [0.15, 0.2) is 97.1 Å². The summed E-state index contributed by atoms with van der Waals surface area (Å²) in [5, 5.41) is 8.41. The maximum Gasteiger partial charge on any atom is 0.305 e. The normalized spacial score (nSPS) is 11.2. The van der Waals surface area contributed by atoms with Gasteiger partial charge in [-0.05, 0) is 45.2 Å². The van der Waals surface area contributed by atoms with Crippen LogP contribution >= 0.6 is 0 Å². The van der Waals surface area contributed by atoms with Crippen LogP contribution in [0.2, 0.25) is 0 Å². The Bertz CT molecular complexity index is 1850. The van der Waals surface area contributed by atoms with Gasteiger partial charge in [0.05, 0.1) is 27.4 Å². The van der Waals surface area contributed by atoms with E-state index in [0.717, 1.165) is 65.7 Å². The molecule has 0 fully saturated rings. The summed E-state index contributed by atoms with van der Waals surface area (Å²) in [5.74, 6) is 0.953. The largest absolute Gasteiger partial charge is 0.492 e. The molecule has 6 nitrogen and oxygen atoms in total. The Hall–Kier alpha value is -5.10. The molecule has 0 bridgehead atoms. The number of hydrogen-bond acceptors (Lipinski definition) is 6. The standard InChI is InChI=1S/C38H34O6/c1-41-33(39)21-11-23-43-37-31-19-9-5-15-27(31)25-13-3-7-17-29(25)35(37)36-30-18-8-4-14-26(30)28-16-6-10-20-32(28)38(36)44-24-12-22-34(40)42-2/h3-10,13-20H,11-12,21-24H2,1-2H3. The van der Waals surface area contributed by atoms with Gasteiger partial charge < -0.3 is 18.9 Å². The summed E-state index contributed by atoms with van der Waals surface area (Å²) in [7, 11) is 2.80. The molecule has 6 rings (SSSR count). The fourth-order valence-electron chi connectivity index (χ4n) is 6.00. The van der Waals surface area contributed by atoms with Gasteiger partial charge in [-0.1, -0.05) is 97.1 Å². The van der Waals surface area contributed by atoms with E-state index in [-0.39, 0.29) is 24.8 Å². The fraction of sp³-hybridized carbons (Fsp3) is 0.211. The maximum atomic E-state index is 11.9. The molecule has 0 heterocycles. The molecule has 0 spiro atoms. The minimum atomic E-state index is -0.264. The van der Waals surface area contributed by atoms with Gasteiger partial charge in [-0.25, -0.2) is 0 Å². The van der Waals surface area contributed by atoms with Gasteiger partial charge in [0.2, 0.25) is 0 Å². The van der Waals surface area contributed by atoms with Gasteiger partial charge >= 0.3 is 11.9 Å². The van der Waals surface area contributed by atoms with Crippen LogP contribution in [-0.4, -0.2) is 39.4 Å². The Kier molecular flexibility index (Phi) is 8.59.